The van der Waals surface area contributed by atoms with Gasteiger partial charge in [0, 0.05) is 25.4 Å². The Balaban J connectivity index is 2.29. The molecule has 18 heavy (non-hydrogen) atoms. The molecule has 0 unspecified atom stereocenters. The van der Waals surface area contributed by atoms with Gasteiger partial charge in [-0.15, -0.1) is 0 Å². The van der Waals surface area contributed by atoms with Gasteiger partial charge >= 0.3 is 6.09 Å². The molecule has 2 rings (SSSR count). The summed E-state index contributed by atoms with van der Waals surface area (Å²) >= 11 is 0. The second-order valence-corrected chi connectivity index (χ2v) is 3.84. The Morgan fingerprint density at radius 2 is 2.33 bits per heavy atom. The zero-order valence-corrected chi connectivity index (χ0v) is 9.44. The van der Waals surface area contributed by atoms with E-state index in [1.165, 1.54) is 23.2 Å². The lowest BCUT2D eigenvalue weighted by Gasteiger charge is -2.23. The summed E-state index contributed by atoms with van der Waals surface area (Å²) in [6, 6.07) is 2.90. The van der Waals surface area contributed by atoms with Crippen LogP contribution in [0.25, 0.3) is 5.57 Å². The Bertz CT molecular complexity index is 527. The van der Waals surface area contributed by atoms with E-state index >= 15 is 0 Å². The third-order valence-electron chi connectivity index (χ3n) is 2.77. The predicted molar refractivity (Wildman–Crippen MR) is 63.1 cm³/mol. The van der Waals surface area contributed by atoms with E-state index in [0.717, 1.165) is 5.57 Å². The Morgan fingerprint density at radius 1 is 1.56 bits per heavy atom. The van der Waals surface area contributed by atoms with Crippen LogP contribution in [0.3, 0.4) is 0 Å². The minimum absolute atomic E-state index is 0.0486. The summed E-state index contributed by atoms with van der Waals surface area (Å²) in [5, 5.41) is 19.7. The van der Waals surface area contributed by atoms with Gasteiger partial charge in [0.1, 0.15) is 5.69 Å². The van der Waals surface area contributed by atoms with E-state index in [0.29, 0.717) is 18.7 Å². The number of nitrogens with zero attached hydrogens (tertiary/aromatic N) is 3. The lowest BCUT2D eigenvalue weighted by molar-refractivity contribution is -0.385. The molecule has 1 N–H and O–H groups in total. The summed E-state index contributed by atoms with van der Waals surface area (Å²) in [5.41, 5.74) is 1.000. The number of carboxylic acid groups (broad SMARTS) is 1. The Labute approximate surface area is 103 Å². The molecule has 2 heterocycles. The molecule has 94 valence electrons. The van der Waals surface area contributed by atoms with Crippen LogP contribution in [0, 0.1) is 10.1 Å². The smallest absolute Gasteiger partial charge is 0.407 e. The Hall–Kier alpha value is -2.44. The van der Waals surface area contributed by atoms with Gasteiger partial charge in [-0.05, 0) is 18.1 Å². The van der Waals surface area contributed by atoms with Crippen LogP contribution >= 0.6 is 0 Å². The molecule has 0 aliphatic carbocycles. The molecule has 1 aromatic heterocycles. The van der Waals surface area contributed by atoms with Crippen LogP contribution in [-0.4, -0.2) is 39.1 Å². The minimum Gasteiger partial charge on any atom is -0.465 e. The van der Waals surface area contributed by atoms with Crippen molar-refractivity contribution in [1.29, 1.82) is 0 Å². The van der Waals surface area contributed by atoms with Crippen molar-refractivity contribution >= 4 is 17.4 Å². The predicted octanol–water partition coefficient (Wildman–Crippen LogP) is 1.76. The molecule has 1 aliphatic heterocycles. The van der Waals surface area contributed by atoms with Crippen LogP contribution in [0.4, 0.5) is 10.5 Å². The van der Waals surface area contributed by atoms with Gasteiger partial charge in [0.15, 0.2) is 0 Å². The van der Waals surface area contributed by atoms with Gasteiger partial charge in [-0.25, -0.2) is 9.78 Å². The molecular weight excluding hydrogens is 238 g/mol. The maximum absolute atomic E-state index is 10.9. The normalized spacial score (nSPS) is 15.1. The van der Waals surface area contributed by atoms with E-state index in [9.17, 15) is 14.9 Å². The number of rotatable bonds is 2. The van der Waals surface area contributed by atoms with Gasteiger partial charge in [-0.2, -0.15) is 0 Å². The van der Waals surface area contributed by atoms with Gasteiger partial charge in [0.25, 0.3) is 5.69 Å². The summed E-state index contributed by atoms with van der Waals surface area (Å²) in [6.07, 6.45) is 2.62. The first-order chi connectivity index (χ1) is 8.59. The zero-order valence-electron chi connectivity index (χ0n) is 9.44. The summed E-state index contributed by atoms with van der Waals surface area (Å²) < 4.78 is 0. The minimum atomic E-state index is -0.985. The summed E-state index contributed by atoms with van der Waals surface area (Å²) in [5.74, 6) is 0. The Morgan fingerprint density at radius 3 is 2.89 bits per heavy atom. The van der Waals surface area contributed by atoms with Crippen LogP contribution in [-0.2, 0) is 0 Å². The molecule has 0 radical (unpaired) electrons. The molecule has 0 spiro atoms. The average molecular weight is 249 g/mol. The molecule has 0 bridgehead atoms. The van der Waals surface area contributed by atoms with E-state index in [1.54, 1.807) is 6.08 Å². The van der Waals surface area contributed by atoms with Gasteiger partial charge in [0.05, 0.1) is 4.92 Å². The molecule has 0 aromatic carbocycles. The topological polar surface area (TPSA) is 96.6 Å². The number of pyridine rings is 1. The first-order valence-electron chi connectivity index (χ1n) is 5.36. The summed E-state index contributed by atoms with van der Waals surface area (Å²) in [4.78, 5) is 26.4. The van der Waals surface area contributed by atoms with E-state index in [1.807, 2.05) is 0 Å². The van der Waals surface area contributed by atoms with Crippen molar-refractivity contribution in [2.24, 2.45) is 0 Å². The molecular formula is C11H11N3O4. The van der Waals surface area contributed by atoms with Crippen molar-refractivity contribution < 1.29 is 14.8 Å². The van der Waals surface area contributed by atoms with Crippen molar-refractivity contribution in [3.8, 4) is 0 Å². The van der Waals surface area contributed by atoms with Gasteiger partial charge in [-0.1, -0.05) is 6.08 Å². The number of aromatic nitrogens is 1. The fourth-order valence-corrected chi connectivity index (χ4v) is 1.85. The van der Waals surface area contributed by atoms with Crippen LogP contribution in [0.15, 0.2) is 24.4 Å². The maximum atomic E-state index is 10.9. The number of carbonyl (C=O) groups is 1. The largest absolute Gasteiger partial charge is 0.465 e. The molecule has 1 amide bonds. The molecule has 1 aromatic rings. The summed E-state index contributed by atoms with van der Waals surface area (Å²) in [7, 11) is 0. The molecule has 0 saturated carbocycles. The number of hydrogen-bond acceptors (Lipinski definition) is 4. The quantitative estimate of drug-likeness (QED) is 0.636. The van der Waals surface area contributed by atoms with Gasteiger partial charge in [0.2, 0.25) is 0 Å². The van der Waals surface area contributed by atoms with Crippen LogP contribution < -0.4 is 0 Å². The average Bonchev–Trinajstić information content (AvgIpc) is 2.39. The summed E-state index contributed by atoms with van der Waals surface area (Å²) in [6.45, 7) is 0.563. The molecule has 0 fully saturated rings. The van der Waals surface area contributed by atoms with Crippen molar-refractivity contribution in [2.75, 3.05) is 13.1 Å². The highest BCUT2D eigenvalue weighted by molar-refractivity contribution is 5.73. The van der Waals surface area contributed by atoms with Gasteiger partial charge in [-0.3, -0.25) is 10.1 Å². The lowest BCUT2D eigenvalue weighted by atomic mass is 10.0. The second-order valence-electron chi connectivity index (χ2n) is 3.84. The fraction of sp³-hybridized carbons (Fsp3) is 0.273. The highest BCUT2D eigenvalue weighted by atomic mass is 16.6. The van der Waals surface area contributed by atoms with Crippen LogP contribution in [0.2, 0.25) is 0 Å². The number of hydrogen-bond donors (Lipinski definition) is 1. The molecule has 7 heteroatoms. The zero-order chi connectivity index (χ0) is 13.1. The SMILES string of the molecule is O=C(O)N1CC=C(c2ncccc2[N+](=O)[O-])CC1. The highest BCUT2D eigenvalue weighted by Crippen LogP contribution is 2.27. The molecule has 0 saturated heterocycles. The fourth-order valence-electron chi connectivity index (χ4n) is 1.85. The standard InChI is InChI=1S/C11H11N3O4/c15-11(16)13-6-3-8(4-7-13)10-9(14(17)18)2-1-5-12-10/h1-3,5H,4,6-7H2,(H,15,16). The molecule has 7 nitrogen and oxygen atoms in total. The molecule has 1 aliphatic rings. The van der Waals surface area contributed by atoms with Crippen molar-refractivity contribution in [1.82, 2.24) is 9.88 Å². The maximum Gasteiger partial charge on any atom is 0.407 e. The van der Waals surface area contributed by atoms with Crippen molar-refractivity contribution in [3.05, 3.63) is 40.2 Å². The Kier molecular flexibility index (Phi) is 3.22. The first kappa shape index (κ1) is 12.0. The lowest BCUT2D eigenvalue weighted by Crippen LogP contribution is -2.33. The van der Waals surface area contributed by atoms with Crippen LogP contribution in [0.5, 0.6) is 0 Å². The van der Waals surface area contributed by atoms with Gasteiger partial charge < -0.3 is 10.0 Å². The monoisotopic (exact) mass is 249 g/mol. The highest BCUT2D eigenvalue weighted by Gasteiger charge is 2.22. The third-order valence-corrected chi connectivity index (χ3v) is 2.77. The van der Waals surface area contributed by atoms with Crippen molar-refractivity contribution in [2.45, 2.75) is 6.42 Å². The number of amides is 1. The van der Waals surface area contributed by atoms with E-state index < -0.39 is 11.0 Å². The second kappa shape index (κ2) is 4.82. The van der Waals surface area contributed by atoms with E-state index in [4.69, 9.17) is 5.11 Å². The van der Waals surface area contributed by atoms with Crippen molar-refractivity contribution in [3.63, 3.8) is 0 Å². The van der Waals surface area contributed by atoms with E-state index in [2.05, 4.69) is 4.98 Å². The number of nitro groups is 1. The van der Waals surface area contributed by atoms with Crippen LogP contribution in [0.1, 0.15) is 12.1 Å². The third kappa shape index (κ3) is 2.29. The first-order valence-corrected chi connectivity index (χ1v) is 5.36. The van der Waals surface area contributed by atoms with E-state index in [-0.39, 0.29) is 12.2 Å². The molecule has 0 atom stereocenters.